The van der Waals surface area contributed by atoms with Crippen molar-refractivity contribution in [1.29, 1.82) is 0 Å². The van der Waals surface area contributed by atoms with Gasteiger partial charge in [0, 0.05) is 11.6 Å². The maximum Gasteiger partial charge on any atom is 0.228 e. The van der Waals surface area contributed by atoms with Gasteiger partial charge in [-0.15, -0.1) is 0 Å². The molecule has 0 saturated heterocycles. The molecule has 0 bridgehead atoms. The molecule has 0 aliphatic heterocycles. The van der Waals surface area contributed by atoms with E-state index in [-0.39, 0.29) is 22.7 Å². The molecule has 1 amide bonds. The molecule has 1 aromatic rings. The molecule has 1 aliphatic rings. The number of rotatable bonds is 2. The highest BCUT2D eigenvalue weighted by atomic mass is 16.2. The van der Waals surface area contributed by atoms with E-state index in [1.54, 1.807) is 0 Å². The highest BCUT2D eigenvalue weighted by Gasteiger charge is 2.68. The summed E-state index contributed by atoms with van der Waals surface area (Å²) < 4.78 is 0. The van der Waals surface area contributed by atoms with Gasteiger partial charge in [-0.1, -0.05) is 45.4 Å². The van der Waals surface area contributed by atoms with E-state index in [0.29, 0.717) is 0 Å². The third-order valence-corrected chi connectivity index (χ3v) is 4.92. The molecule has 1 aromatic carbocycles. The summed E-state index contributed by atoms with van der Waals surface area (Å²) in [5.41, 5.74) is 3.46. The Kier molecular flexibility index (Phi) is 2.80. The molecule has 2 heteroatoms. The van der Waals surface area contributed by atoms with Gasteiger partial charge >= 0.3 is 0 Å². The molecule has 0 radical (unpaired) electrons. The van der Waals surface area contributed by atoms with Gasteiger partial charge in [0.15, 0.2) is 0 Å². The molecule has 2 rings (SSSR count). The summed E-state index contributed by atoms with van der Waals surface area (Å²) >= 11 is 0. The Morgan fingerprint density at radius 3 is 2.11 bits per heavy atom. The van der Waals surface area contributed by atoms with Gasteiger partial charge in [0.05, 0.1) is 0 Å². The number of benzene rings is 1. The van der Waals surface area contributed by atoms with Crippen molar-refractivity contribution in [2.45, 2.75) is 41.5 Å². The zero-order chi connectivity index (χ0) is 13.7. The number of carbonyl (C=O) groups is 1. The van der Waals surface area contributed by atoms with Crippen LogP contribution in [0.3, 0.4) is 0 Å². The Morgan fingerprint density at radius 2 is 1.67 bits per heavy atom. The molecule has 18 heavy (non-hydrogen) atoms. The van der Waals surface area contributed by atoms with Crippen molar-refractivity contribution in [3.8, 4) is 0 Å². The summed E-state index contributed by atoms with van der Waals surface area (Å²) in [4.78, 5) is 12.3. The smallest absolute Gasteiger partial charge is 0.228 e. The van der Waals surface area contributed by atoms with Crippen LogP contribution < -0.4 is 5.32 Å². The SMILES string of the molecule is Cc1ccc(NC(=O)C2C(C)(C)C2(C)C)c(C)c1. The molecule has 2 nitrogen and oxygen atoms in total. The van der Waals surface area contributed by atoms with E-state index >= 15 is 0 Å². The maximum atomic E-state index is 12.3. The Hall–Kier alpha value is -1.31. The molecule has 0 aromatic heterocycles. The third kappa shape index (κ3) is 1.84. The largest absolute Gasteiger partial charge is 0.326 e. The minimum absolute atomic E-state index is 0.0929. The molecule has 0 heterocycles. The summed E-state index contributed by atoms with van der Waals surface area (Å²) in [6, 6.07) is 6.12. The highest BCUT2D eigenvalue weighted by molar-refractivity contribution is 5.96. The predicted molar refractivity (Wildman–Crippen MR) is 75.6 cm³/mol. The first-order valence-corrected chi connectivity index (χ1v) is 6.56. The van der Waals surface area contributed by atoms with E-state index in [4.69, 9.17) is 0 Å². The molecule has 0 unspecified atom stereocenters. The van der Waals surface area contributed by atoms with E-state index in [2.05, 4.69) is 46.0 Å². The van der Waals surface area contributed by atoms with Gasteiger partial charge in [-0.25, -0.2) is 0 Å². The topological polar surface area (TPSA) is 29.1 Å². The van der Waals surface area contributed by atoms with Crippen molar-refractivity contribution in [2.75, 3.05) is 5.32 Å². The van der Waals surface area contributed by atoms with Crippen LogP contribution in [0, 0.1) is 30.6 Å². The highest BCUT2D eigenvalue weighted by Crippen LogP contribution is 2.68. The lowest BCUT2D eigenvalue weighted by molar-refractivity contribution is -0.118. The lowest BCUT2D eigenvalue weighted by atomic mass is 10.0. The molecular formula is C16H23NO. The van der Waals surface area contributed by atoms with Gasteiger partial charge in [-0.3, -0.25) is 4.79 Å². The Labute approximate surface area is 110 Å². The van der Waals surface area contributed by atoms with Crippen molar-refractivity contribution in [3.05, 3.63) is 29.3 Å². The molecule has 1 aliphatic carbocycles. The number of nitrogens with one attached hydrogen (secondary N) is 1. The van der Waals surface area contributed by atoms with Gasteiger partial charge in [-0.05, 0) is 36.3 Å². The number of anilines is 1. The lowest BCUT2D eigenvalue weighted by Gasteiger charge is -2.10. The van der Waals surface area contributed by atoms with Crippen LogP contribution in [0.25, 0.3) is 0 Å². The quantitative estimate of drug-likeness (QED) is 0.840. The number of hydrogen-bond acceptors (Lipinski definition) is 1. The zero-order valence-corrected chi connectivity index (χ0v) is 12.2. The fraction of sp³-hybridized carbons (Fsp3) is 0.562. The second-order valence-corrected chi connectivity index (χ2v) is 6.68. The first-order valence-electron chi connectivity index (χ1n) is 6.56. The van der Waals surface area contributed by atoms with E-state index in [1.165, 1.54) is 5.56 Å². The van der Waals surface area contributed by atoms with Crippen LogP contribution in [-0.4, -0.2) is 5.91 Å². The van der Waals surface area contributed by atoms with Crippen LogP contribution in [0.1, 0.15) is 38.8 Å². The van der Waals surface area contributed by atoms with Crippen molar-refractivity contribution in [3.63, 3.8) is 0 Å². The van der Waals surface area contributed by atoms with Crippen molar-refractivity contribution in [2.24, 2.45) is 16.7 Å². The Bertz CT molecular complexity index is 486. The lowest BCUT2D eigenvalue weighted by Crippen LogP contribution is -2.18. The molecule has 1 N–H and O–H groups in total. The van der Waals surface area contributed by atoms with Crippen LogP contribution in [0.4, 0.5) is 5.69 Å². The van der Waals surface area contributed by atoms with Crippen LogP contribution in [0.2, 0.25) is 0 Å². The van der Waals surface area contributed by atoms with Gasteiger partial charge in [-0.2, -0.15) is 0 Å². The number of hydrogen-bond donors (Lipinski definition) is 1. The summed E-state index contributed by atoms with van der Waals surface area (Å²) in [7, 11) is 0. The first kappa shape index (κ1) is 13.1. The third-order valence-electron chi connectivity index (χ3n) is 4.92. The van der Waals surface area contributed by atoms with Crippen molar-refractivity contribution in [1.82, 2.24) is 0 Å². The Balaban J connectivity index is 2.14. The van der Waals surface area contributed by atoms with Crippen LogP contribution in [-0.2, 0) is 4.79 Å². The van der Waals surface area contributed by atoms with Crippen molar-refractivity contribution >= 4 is 11.6 Å². The fourth-order valence-corrected chi connectivity index (χ4v) is 3.01. The van der Waals surface area contributed by atoms with Crippen molar-refractivity contribution < 1.29 is 4.79 Å². The zero-order valence-electron chi connectivity index (χ0n) is 12.2. The fourth-order valence-electron chi connectivity index (χ4n) is 3.01. The van der Waals surface area contributed by atoms with E-state index in [1.807, 2.05) is 19.1 Å². The molecule has 0 spiro atoms. The average Bonchev–Trinajstić information content (AvgIpc) is 2.62. The second kappa shape index (κ2) is 3.84. The molecule has 1 fully saturated rings. The first-order chi connectivity index (χ1) is 8.18. The monoisotopic (exact) mass is 245 g/mol. The van der Waals surface area contributed by atoms with E-state index in [0.717, 1.165) is 11.3 Å². The summed E-state index contributed by atoms with van der Waals surface area (Å²) in [5.74, 6) is 0.252. The van der Waals surface area contributed by atoms with Crippen LogP contribution in [0.5, 0.6) is 0 Å². The summed E-state index contributed by atoms with van der Waals surface area (Å²) in [6.07, 6.45) is 0. The molecule has 98 valence electrons. The number of carbonyl (C=O) groups excluding carboxylic acids is 1. The Morgan fingerprint density at radius 1 is 1.11 bits per heavy atom. The van der Waals surface area contributed by atoms with Gasteiger partial charge in [0.25, 0.3) is 0 Å². The molecule has 1 saturated carbocycles. The molecule has 0 atom stereocenters. The van der Waals surface area contributed by atoms with Crippen LogP contribution in [0.15, 0.2) is 18.2 Å². The summed E-state index contributed by atoms with van der Waals surface area (Å²) in [6.45, 7) is 12.8. The maximum absolute atomic E-state index is 12.3. The van der Waals surface area contributed by atoms with Gasteiger partial charge in [0.1, 0.15) is 0 Å². The number of aryl methyl sites for hydroxylation is 2. The minimum Gasteiger partial charge on any atom is -0.326 e. The van der Waals surface area contributed by atoms with E-state index in [9.17, 15) is 4.79 Å². The normalized spacial score (nSPS) is 20.6. The summed E-state index contributed by atoms with van der Waals surface area (Å²) in [5, 5.41) is 3.07. The van der Waals surface area contributed by atoms with E-state index < -0.39 is 0 Å². The molecular weight excluding hydrogens is 222 g/mol. The minimum atomic E-state index is 0.0929. The number of amides is 1. The van der Waals surface area contributed by atoms with Crippen LogP contribution >= 0.6 is 0 Å². The average molecular weight is 245 g/mol. The predicted octanol–water partition coefficient (Wildman–Crippen LogP) is 3.92. The van der Waals surface area contributed by atoms with Gasteiger partial charge in [0.2, 0.25) is 5.91 Å². The van der Waals surface area contributed by atoms with Gasteiger partial charge < -0.3 is 5.32 Å². The second-order valence-electron chi connectivity index (χ2n) is 6.68. The standard InChI is InChI=1S/C16H23NO/c1-10-7-8-12(11(2)9-10)17-14(18)13-15(3,4)16(13,5)6/h7-9,13H,1-6H3,(H,17,18).